The quantitative estimate of drug-likeness (QED) is 0.672. The summed E-state index contributed by atoms with van der Waals surface area (Å²) in [4.78, 5) is 7.42. The first-order chi connectivity index (χ1) is 8.25. The van der Waals surface area contributed by atoms with Crippen molar-refractivity contribution in [2.75, 3.05) is 38.7 Å². The minimum absolute atomic E-state index is 0.135. The molecule has 2 N–H and O–H groups in total. The van der Waals surface area contributed by atoms with E-state index in [4.69, 9.17) is 4.74 Å². The number of hydrogen-bond donors (Lipinski definition) is 2. The molecule has 0 aliphatic carbocycles. The van der Waals surface area contributed by atoms with Gasteiger partial charge in [0.2, 0.25) is 0 Å². The second-order valence-electron chi connectivity index (χ2n) is 3.26. The van der Waals surface area contributed by atoms with Gasteiger partial charge < -0.3 is 15.4 Å². The lowest BCUT2D eigenvalue weighted by atomic mass is 10.4. The van der Waals surface area contributed by atoms with Crippen molar-refractivity contribution in [2.45, 2.75) is 6.43 Å². The van der Waals surface area contributed by atoms with Crippen molar-refractivity contribution >= 4 is 5.82 Å². The highest BCUT2D eigenvalue weighted by Crippen LogP contribution is 2.21. The summed E-state index contributed by atoms with van der Waals surface area (Å²) in [7, 11) is 1.62. The van der Waals surface area contributed by atoms with E-state index in [0.717, 1.165) is 6.54 Å². The summed E-state index contributed by atoms with van der Waals surface area (Å²) in [5.41, 5.74) is -0.315. The van der Waals surface area contributed by atoms with Crippen molar-refractivity contribution in [3.8, 4) is 0 Å². The minimum Gasteiger partial charge on any atom is -0.383 e. The SMILES string of the molecule is COCCNCCNc1nccnc1C(F)F. The maximum Gasteiger partial charge on any atom is 0.283 e. The van der Waals surface area contributed by atoms with Crippen LogP contribution in [0.2, 0.25) is 0 Å². The van der Waals surface area contributed by atoms with E-state index in [-0.39, 0.29) is 11.5 Å². The molecule has 0 unspecified atom stereocenters. The summed E-state index contributed by atoms with van der Waals surface area (Å²) >= 11 is 0. The van der Waals surface area contributed by atoms with Crippen molar-refractivity contribution in [1.29, 1.82) is 0 Å². The van der Waals surface area contributed by atoms with Crippen LogP contribution in [0.5, 0.6) is 0 Å². The van der Waals surface area contributed by atoms with Crippen molar-refractivity contribution < 1.29 is 13.5 Å². The Morgan fingerprint density at radius 3 is 2.71 bits per heavy atom. The number of nitrogens with one attached hydrogen (secondary N) is 2. The summed E-state index contributed by atoms with van der Waals surface area (Å²) in [5, 5.41) is 5.90. The van der Waals surface area contributed by atoms with Gasteiger partial charge in [-0.25, -0.2) is 18.7 Å². The van der Waals surface area contributed by atoms with E-state index in [1.165, 1.54) is 12.4 Å². The zero-order valence-electron chi connectivity index (χ0n) is 9.62. The highest BCUT2D eigenvalue weighted by molar-refractivity contribution is 5.39. The van der Waals surface area contributed by atoms with Gasteiger partial charge in [-0.05, 0) is 0 Å². The molecule has 0 aliphatic rings. The molecular weight excluding hydrogens is 230 g/mol. The van der Waals surface area contributed by atoms with E-state index < -0.39 is 6.43 Å². The Morgan fingerprint density at radius 1 is 1.24 bits per heavy atom. The first kappa shape index (κ1) is 13.7. The summed E-state index contributed by atoms with van der Waals surface area (Å²) in [6, 6.07) is 0. The molecule has 0 saturated carbocycles. The van der Waals surface area contributed by atoms with Crippen LogP contribution in [0.1, 0.15) is 12.1 Å². The second-order valence-corrected chi connectivity index (χ2v) is 3.26. The molecule has 1 heterocycles. The highest BCUT2D eigenvalue weighted by atomic mass is 19.3. The Labute approximate surface area is 98.6 Å². The zero-order valence-corrected chi connectivity index (χ0v) is 9.62. The van der Waals surface area contributed by atoms with Crippen molar-refractivity contribution in [3.05, 3.63) is 18.1 Å². The molecule has 1 aromatic heterocycles. The molecule has 0 aliphatic heterocycles. The van der Waals surface area contributed by atoms with Crippen molar-refractivity contribution in [2.24, 2.45) is 0 Å². The number of rotatable bonds is 8. The monoisotopic (exact) mass is 246 g/mol. The topological polar surface area (TPSA) is 59.1 Å². The number of ether oxygens (including phenoxy) is 1. The average Bonchev–Trinajstić information content (AvgIpc) is 2.34. The third-order valence-corrected chi connectivity index (χ3v) is 2.01. The predicted molar refractivity (Wildman–Crippen MR) is 60.2 cm³/mol. The van der Waals surface area contributed by atoms with E-state index in [1.54, 1.807) is 7.11 Å². The third-order valence-electron chi connectivity index (χ3n) is 2.01. The van der Waals surface area contributed by atoms with Gasteiger partial charge in [-0.2, -0.15) is 0 Å². The largest absolute Gasteiger partial charge is 0.383 e. The van der Waals surface area contributed by atoms with Gasteiger partial charge in [0.15, 0.2) is 5.82 Å². The van der Waals surface area contributed by atoms with Gasteiger partial charge in [0.05, 0.1) is 6.61 Å². The van der Waals surface area contributed by atoms with Crippen LogP contribution in [0.4, 0.5) is 14.6 Å². The van der Waals surface area contributed by atoms with Gasteiger partial charge in [-0.3, -0.25) is 0 Å². The van der Waals surface area contributed by atoms with Crippen LogP contribution in [0.15, 0.2) is 12.4 Å². The first-order valence-corrected chi connectivity index (χ1v) is 5.28. The second kappa shape index (κ2) is 7.86. The maximum absolute atomic E-state index is 12.5. The molecule has 17 heavy (non-hydrogen) atoms. The smallest absolute Gasteiger partial charge is 0.283 e. The number of halogens is 2. The number of hydrogen-bond acceptors (Lipinski definition) is 5. The summed E-state index contributed by atoms with van der Waals surface area (Å²) < 4.78 is 29.9. The Bertz CT molecular complexity index is 325. The number of methoxy groups -OCH3 is 1. The molecular formula is C10H16F2N4O. The van der Waals surface area contributed by atoms with Crippen molar-refractivity contribution in [3.63, 3.8) is 0 Å². The number of anilines is 1. The van der Waals surface area contributed by atoms with E-state index in [0.29, 0.717) is 19.7 Å². The molecule has 5 nitrogen and oxygen atoms in total. The Morgan fingerprint density at radius 2 is 2.00 bits per heavy atom. The molecule has 0 amide bonds. The molecule has 1 rings (SSSR count). The van der Waals surface area contributed by atoms with Crippen LogP contribution in [0, 0.1) is 0 Å². The Balaban J connectivity index is 2.31. The molecule has 0 atom stereocenters. The van der Waals surface area contributed by atoms with Crippen LogP contribution >= 0.6 is 0 Å². The number of nitrogens with zero attached hydrogens (tertiary/aromatic N) is 2. The summed E-state index contributed by atoms with van der Waals surface area (Å²) in [6.45, 7) is 2.48. The van der Waals surface area contributed by atoms with E-state index in [1.807, 2.05) is 0 Å². The highest BCUT2D eigenvalue weighted by Gasteiger charge is 2.14. The Kier molecular flexibility index (Phi) is 6.34. The number of aromatic nitrogens is 2. The lowest BCUT2D eigenvalue weighted by molar-refractivity contribution is 0.146. The zero-order chi connectivity index (χ0) is 12.5. The molecule has 0 spiro atoms. The summed E-state index contributed by atoms with van der Waals surface area (Å²) in [5.74, 6) is 0.135. The van der Waals surface area contributed by atoms with Crippen LogP contribution in [0.25, 0.3) is 0 Å². The van der Waals surface area contributed by atoms with Crippen LogP contribution in [0.3, 0.4) is 0 Å². The average molecular weight is 246 g/mol. The molecule has 0 radical (unpaired) electrons. The standard InChI is InChI=1S/C10H16F2N4O/c1-17-7-6-13-2-3-15-10-8(9(11)12)14-4-5-16-10/h4-5,9,13H,2-3,6-7H2,1H3,(H,15,16). The van der Waals surface area contributed by atoms with E-state index in [2.05, 4.69) is 20.6 Å². The van der Waals surface area contributed by atoms with Gasteiger partial charge in [-0.15, -0.1) is 0 Å². The third kappa shape index (κ3) is 5.01. The molecule has 0 saturated heterocycles. The minimum atomic E-state index is -2.62. The molecule has 0 bridgehead atoms. The molecule has 0 fully saturated rings. The van der Waals surface area contributed by atoms with Gasteiger partial charge in [0.25, 0.3) is 6.43 Å². The maximum atomic E-state index is 12.5. The van der Waals surface area contributed by atoms with Gasteiger partial charge in [0, 0.05) is 39.1 Å². The fraction of sp³-hybridized carbons (Fsp3) is 0.600. The molecule has 96 valence electrons. The normalized spacial score (nSPS) is 10.8. The molecule has 7 heteroatoms. The molecule has 1 aromatic rings. The van der Waals surface area contributed by atoms with Crippen LogP contribution in [-0.4, -0.2) is 43.3 Å². The van der Waals surface area contributed by atoms with E-state index in [9.17, 15) is 8.78 Å². The number of alkyl halides is 2. The molecule has 0 aromatic carbocycles. The Hall–Kier alpha value is -1.34. The van der Waals surface area contributed by atoms with Gasteiger partial charge in [0.1, 0.15) is 5.69 Å². The van der Waals surface area contributed by atoms with E-state index >= 15 is 0 Å². The van der Waals surface area contributed by atoms with Gasteiger partial charge >= 0.3 is 0 Å². The van der Waals surface area contributed by atoms with Gasteiger partial charge in [-0.1, -0.05) is 0 Å². The predicted octanol–water partition coefficient (Wildman–Crippen LogP) is 1.06. The van der Waals surface area contributed by atoms with Crippen molar-refractivity contribution in [1.82, 2.24) is 15.3 Å². The van der Waals surface area contributed by atoms with Crippen LogP contribution < -0.4 is 10.6 Å². The summed E-state index contributed by atoms with van der Waals surface area (Å²) in [6.07, 6.45) is 0.0171. The lowest BCUT2D eigenvalue weighted by Gasteiger charge is -2.09. The fourth-order valence-corrected chi connectivity index (χ4v) is 1.21. The lowest BCUT2D eigenvalue weighted by Crippen LogP contribution is -2.26. The van der Waals surface area contributed by atoms with Crippen LogP contribution in [-0.2, 0) is 4.74 Å². The fourth-order valence-electron chi connectivity index (χ4n) is 1.21. The first-order valence-electron chi connectivity index (χ1n) is 5.28.